The third-order valence-electron chi connectivity index (χ3n) is 3.85. The Morgan fingerprint density at radius 1 is 1.12 bits per heavy atom. The number of benzene rings is 1. The van der Waals surface area contributed by atoms with E-state index in [0.29, 0.717) is 12.4 Å². The summed E-state index contributed by atoms with van der Waals surface area (Å²) in [4.78, 5) is 16.0. The third kappa shape index (κ3) is 4.99. The maximum absolute atomic E-state index is 12.1. The number of aliphatic hydroxyl groups excluding tert-OH is 1. The zero-order valence-corrected chi connectivity index (χ0v) is 13.7. The number of hydrogen-bond acceptors (Lipinski definition) is 4. The van der Waals surface area contributed by atoms with E-state index in [1.807, 2.05) is 36.5 Å². The fourth-order valence-corrected chi connectivity index (χ4v) is 2.51. The van der Waals surface area contributed by atoms with Gasteiger partial charge in [-0.3, -0.25) is 14.5 Å². The molecule has 1 aromatic carbocycles. The van der Waals surface area contributed by atoms with Gasteiger partial charge < -0.3 is 10.4 Å². The lowest BCUT2D eigenvalue weighted by Crippen LogP contribution is -2.16. The molecule has 0 saturated carbocycles. The zero-order chi connectivity index (χ0) is 17.5. The van der Waals surface area contributed by atoms with Gasteiger partial charge in [0, 0.05) is 31.2 Å². The first kappa shape index (κ1) is 16.9. The summed E-state index contributed by atoms with van der Waals surface area (Å²) < 4.78 is 1.78. The van der Waals surface area contributed by atoms with Crippen LogP contribution in [-0.2, 0) is 17.8 Å². The largest absolute Gasteiger partial charge is 0.388 e. The van der Waals surface area contributed by atoms with E-state index in [-0.39, 0.29) is 12.3 Å². The minimum atomic E-state index is -0.824. The molecular weight excluding hydrogens is 316 g/mol. The molecule has 2 heterocycles. The lowest BCUT2D eigenvalue weighted by molar-refractivity contribution is -0.118. The summed E-state index contributed by atoms with van der Waals surface area (Å²) in [6.45, 7) is 0.715. The summed E-state index contributed by atoms with van der Waals surface area (Å²) in [6, 6.07) is 14.8. The molecule has 2 aromatic heterocycles. The number of amides is 1. The number of aliphatic hydroxyl groups is 1. The minimum Gasteiger partial charge on any atom is -0.388 e. The molecule has 0 bridgehead atoms. The predicted molar refractivity (Wildman–Crippen MR) is 94.8 cm³/mol. The Kier molecular flexibility index (Phi) is 5.53. The van der Waals surface area contributed by atoms with Crippen molar-refractivity contribution in [3.63, 3.8) is 0 Å². The van der Waals surface area contributed by atoms with E-state index in [2.05, 4.69) is 15.4 Å². The number of aryl methyl sites for hydroxylation is 2. The van der Waals surface area contributed by atoms with Crippen LogP contribution in [-0.4, -0.2) is 25.8 Å². The zero-order valence-electron chi connectivity index (χ0n) is 13.7. The highest BCUT2D eigenvalue weighted by molar-refractivity contribution is 5.90. The Labute approximate surface area is 146 Å². The first-order valence-corrected chi connectivity index (χ1v) is 8.16. The number of aromatic nitrogens is 3. The van der Waals surface area contributed by atoms with E-state index in [9.17, 15) is 9.90 Å². The van der Waals surface area contributed by atoms with Gasteiger partial charge in [0.15, 0.2) is 5.82 Å². The van der Waals surface area contributed by atoms with E-state index >= 15 is 0 Å². The average molecular weight is 336 g/mol. The topological polar surface area (TPSA) is 80.0 Å². The fraction of sp³-hybridized carbons (Fsp3) is 0.211. The molecule has 0 fully saturated rings. The highest BCUT2D eigenvalue weighted by atomic mass is 16.3. The molecule has 25 heavy (non-hydrogen) atoms. The Balaban J connectivity index is 1.50. The molecule has 6 nitrogen and oxygen atoms in total. The highest BCUT2D eigenvalue weighted by Gasteiger charge is 2.13. The van der Waals surface area contributed by atoms with Crippen molar-refractivity contribution >= 4 is 11.7 Å². The monoisotopic (exact) mass is 336 g/mol. The summed E-state index contributed by atoms with van der Waals surface area (Å²) in [5.41, 5.74) is 1.91. The van der Waals surface area contributed by atoms with Crippen molar-refractivity contribution in [2.45, 2.75) is 25.5 Å². The van der Waals surface area contributed by atoms with Crippen LogP contribution in [0.15, 0.2) is 67.1 Å². The molecule has 128 valence electrons. The van der Waals surface area contributed by atoms with Crippen molar-refractivity contribution < 1.29 is 9.90 Å². The molecule has 0 saturated heterocycles. The van der Waals surface area contributed by atoms with E-state index in [1.165, 1.54) is 5.56 Å². The Bertz CT molecular complexity index is 803. The number of rotatable bonds is 7. The predicted octanol–water partition coefficient (Wildman–Crippen LogP) is 2.58. The van der Waals surface area contributed by atoms with Gasteiger partial charge in [-0.1, -0.05) is 30.3 Å². The maximum Gasteiger partial charge on any atom is 0.228 e. The third-order valence-corrected chi connectivity index (χ3v) is 3.85. The van der Waals surface area contributed by atoms with Crippen LogP contribution in [0.25, 0.3) is 0 Å². The van der Waals surface area contributed by atoms with Crippen LogP contribution in [0, 0.1) is 0 Å². The fourth-order valence-electron chi connectivity index (χ4n) is 2.51. The van der Waals surface area contributed by atoms with Gasteiger partial charge in [-0.15, -0.1) is 0 Å². The van der Waals surface area contributed by atoms with Crippen molar-refractivity contribution in [3.05, 3.63) is 78.2 Å². The number of hydrogen-bond donors (Lipinski definition) is 2. The van der Waals surface area contributed by atoms with E-state index in [4.69, 9.17) is 0 Å². The molecule has 0 aliphatic heterocycles. The van der Waals surface area contributed by atoms with E-state index in [1.54, 1.807) is 35.3 Å². The summed E-state index contributed by atoms with van der Waals surface area (Å²) in [6.07, 6.45) is 5.36. The van der Waals surface area contributed by atoms with Crippen LogP contribution >= 0.6 is 0 Å². The van der Waals surface area contributed by atoms with Crippen molar-refractivity contribution in [3.8, 4) is 0 Å². The molecule has 2 N–H and O–H groups in total. The standard InChI is InChI=1S/C19H20N4O2/c24-17(16-4-2-1-3-5-16)14-19(25)21-18-9-13-23(22-18)12-8-15-6-10-20-11-7-15/h1-7,9-11,13,17,24H,8,12,14H2,(H,21,22,25). The summed E-state index contributed by atoms with van der Waals surface area (Å²) in [5, 5.41) is 17.1. The molecule has 1 unspecified atom stereocenters. The quantitative estimate of drug-likeness (QED) is 0.695. The van der Waals surface area contributed by atoms with Gasteiger partial charge in [0.05, 0.1) is 12.5 Å². The van der Waals surface area contributed by atoms with Crippen molar-refractivity contribution in [2.75, 3.05) is 5.32 Å². The second-order valence-electron chi connectivity index (χ2n) is 5.75. The number of anilines is 1. The van der Waals surface area contributed by atoms with Gasteiger partial charge in [-0.2, -0.15) is 5.10 Å². The van der Waals surface area contributed by atoms with E-state index < -0.39 is 6.10 Å². The minimum absolute atomic E-state index is 0.00606. The molecule has 1 atom stereocenters. The summed E-state index contributed by atoms with van der Waals surface area (Å²) in [5.74, 6) is 0.218. The van der Waals surface area contributed by atoms with Gasteiger partial charge in [-0.05, 0) is 29.7 Å². The van der Waals surface area contributed by atoms with Gasteiger partial charge >= 0.3 is 0 Å². The average Bonchev–Trinajstić information content (AvgIpc) is 3.08. The molecular formula is C19H20N4O2. The molecule has 0 aliphatic rings. The Morgan fingerprint density at radius 3 is 2.64 bits per heavy atom. The van der Waals surface area contributed by atoms with Crippen molar-refractivity contribution in [1.82, 2.24) is 14.8 Å². The molecule has 1 amide bonds. The molecule has 6 heteroatoms. The smallest absolute Gasteiger partial charge is 0.228 e. The van der Waals surface area contributed by atoms with Gasteiger partial charge in [0.2, 0.25) is 5.91 Å². The van der Waals surface area contributed by atoms with Crippen LogP contribution in [0.1, 0.15) is 23.7 Å². The second-order valence-corrected chi connectivity index (χ2v) is 5.75. The van der Waals surface area contributed by atoms with Crippen LogP contribution in [0.5, 0.6) is 0 Å². The molecule has 0 aliphatic carbocycles. The van der Waals surface area contributed by atoms with Gasteiger partial charge in [-0.25, -0.2) is 0 Å². The molecule has 3 rings (SSSR count). The van der Waals surface area contributed by atoms with E-state index in [0.717, 1.165) is 12.0 Å². The number of nitrogens with zero attached hydrogens (tertiary/aromatic N) is 3. The van der Waals surface area contributed by atoms with Crippen LogP contribution < -0.4 is 5.32 Å². The normalized spacial score (nSPS) is 11.9. The number of carbonyl (C=O) groups excluding carboxylic acids is 1. The highest BCUT2D eigenvalue weighted by Crippen LogP contribution is 2.16. The molecule has 3 aromatic rings. The SMILES string of the molecule is O=C(CC(O)c1ccccc1)Nc1ccn(CCc2ccncc2)n1. The molecule has 0 radical (unpaired) electrons. The molecule has 0 spiro atoms. The van der Waals surface area contributed by atoms with Crippen LogP contribution in [0.4, 0.5) is 5.82 Å². The Morgan fingerprint density at radius 2 is 1.88 bits per heavy atom. The van der Waals surface area contributed by atoms with Crippen molar-refractivity contribution in [2.24, 2.45) is 0 Å². The Hall–Kier alpha value is -2.99. The van der Waals surface area contributed by atoms with Crippen LogP contribution in [0.3, 0.4) is 0 Å². The first-order valence-electron chi connectivity index (χ1n) is 8.16. The van der Waals surface area contributed by atoms with Gasteiger partial charge in [0.25, 0.3) is 0 Å². The number of pyridine rings is 1. The number of carbonyl (C=O) groups is 1. The lowest BCUT2D eigenvalue weighted by atomic mass is 10.1. The second kappa shape index (κ2) is 8.21. The first-order chi connectivity index (χ1) is 12.2. The van der Waals surface area contributed by atoms with Crippen LogP contribution in [0.2, 0.25) is 0 Å². The summed E-state index contributed by atoms with van der Waals surface area (Å²) in [7, 11) is 0. The lowest BCUT2D eigenvalue weighted by Gasteiger charge is -2.10. The number of nitrogens with one attached hydrogen (secondary N) is 1. The maximum atomic E-state index is 12.1. The van der Waals surface area contributed by atoms with Gasteiger partial charge in [0.1, 0.15) is 0 Å². The summed E-state index contributed by atoms with van der Waals surface area (Å²) >= 11 is 0. The van der Waals surface area contributed by atoms with Crippen molar-refractivity contribution in [1.29, 1.82) is 0 Å².